The molecule has 1 heterocycles. The molecule has 1 saturated heterocycles. The van der Waals surface area contributed by atoms with Gasteiger partial charge in [-0.15, -0.1) is 0 Å². The van der Waals surface area contributed by atoms with E-state index in [4.69, 9.17) is 4.74 Å². The van der Waals surface area contributed by atoms with Crippen LogP contribution in [0.15, 0.2) is 48.5 Å². The van der Waals surface area contributed by atoms with Crippen molar-refractivity contribution in [3.63, 3.8) is 0 Å². The van der Waals surface area contributed by atoms with E-state index in [1.807, 2.05) is 67.5 Å². The molecule has 2 aromatic carbocycles. The standard InChI is InChI=1S/C23H30N4O3/c1-26(2)21(18-6-4-7-20(14-18)30-3)15-24-23(29)25-19-11-9-17(10-12-19)16-27-13-5-8-22(27)28/h4,6-7,9-12,14,21H,5,8,13,15-16H2,1-3H3,(H2,24,25,29). The molecule has 0 spiro atoms. The lowest BCUT2D eigenvalue weighted by atomic mass is 10.1. The van der Waals surface area contributed by atoms with Crippen LogP contribution in [0.1, 0.15) is 30.0 Å². The average molecular weight is 411 g/mol. The number of urea groups is 1. The Morgan fingerprint density at radius 2 is 1.97 bits per heavy atom. The topological polar surface area (TPSA) is 73.9 Å². The van der Waals surface area contributed by atoms with Crippen LogP contribution < -0.4 is 15.4 Å². The van der Waals surface area contributed by atoms with Crippen LogP contribution in [0.25, 0.3) is 0 Å². The Hall–Kier alpha value is -3.06. The lowest BCUT2D eigenvalue weighted by Gasteiger charge is -2.25. The predicted molar refractivity (Wildman–Crippen MR) is 118 cm³/mol. The molecule has 1 atom stereocenters. The number of methoxy groups -OCH3 is 1. The second kappa shape index (κ2) is 10.1. The highest BCUT2D eigenvalue weighted by Gasteiger charge is 2.20. The minimum absolute atomic E-state index is 0.0197. The largest absolute Gasteiger partial charge is 0.497 e. The molecule has 0 aliphatic carbocycles. The number of anilines is 1. The normalized spacial score (nSPS) is 14.7. The Bertz CT molecular complexity index is 867. The van der Waals surface area contributed by atoms with Gasteiger partial charge in [-0.1, -0.05) is 24.3 Å². The molecule has 160 valence electrons. The number of amides is 3. The molecular weight excluding hydrogens is 380 g/mol. The lowest BCUT2D eigenvalue weighted by Crippen LogP contribution is -2.36. The molecule has 0 aromatic heterocycles. The maximum Gasteiger partial charge on any atom is 0.319 e. The summed E-state index contributed by atoms with van der Waals surface area (Å²) < 4.78 is 5.31. The Kier molecular flexibility index (Phi) is 7.30. The van der Waals surface area contributed by atoms with Crippen LogP contribution in [0.3, 0.4) is 0 Å². The van der Waals surface area contributed by atoms with Crippen LogP contribution in [0.4, 0.5) is 10.5 Å². The molecule has 7 nitrogen and oxygen atoms in total. The van der Waals surface area contributed by atoms with Crippen LogP contribution in [0.5, 0.6) is 5.75 Å². The Morgan fingerprint density at radius 1 is 1.20 bits per heavy atom. The smallest absolute Gasteiger partial charge is 0.319 e. The van der Waals surface area contributed by atoms with E-state index < -0.39 is 0 Å². The quantitative estimate of drug-likeness (QED) is 0.701. The third-order valence-electron chi connectivity index (χ3n) is 5.31. The summed E-state index contributed by atoms with van der Waals surface area (Å²) in [6.07, 6.45) is 1.58. The summed E-state index contributed by atoms with van der Waals surface area (Å²) in [6, 6.07) is 15.2. The molecule has 1 aliphatic heterocycles. The molecule has 2 N–H and O–H groups in total. The van der Waals surface area contributed by atoms with E-state index in [1.54, 1.807) is 7.11 Å². The van der Waals surface area contributed by atoms with Crippen LogP contribution in [0, 0.1) is 0 Å². The molecule has 1 aliphatic rings. The van der Waals surface area contributed by atoms with Gasteiger partial charge in [0.05, 0.1) is 13.2 Å². The van der Waals surface area contributed by atoms with Gasteiger partial charge in [0, 0.05) is 31.7 Å². The van der Waals surface area contributed by atoms with Gasteiger partial charge in [-0.25, -0.2) is 4.79 Å². The summed E-state index contributed by atoms with van der Waals surface area (Å²) in [6.45, 7) is 1.90. The zero-order chi connectivity index (χ0) is 21.5. The zero-order valence-corrected chi connectivity index (χ0v) is 17.9. The third-order valence-corrected chi connectivity index (χ3v) is 5.31. The number of hydrogen-bond acceptors (Lipinski definition) is 4. The summed E-state index contributed by atoms with van der Waals surface area (Å²) in [5.41, 5.74) is 2.84. The highest BCUT2D eigenvalue weighted by Crippen LogP contribution is 2.22. The predicted octanol–water partition coefficient (Wildman–Crippen LogP) is 3.24. The number of carbonyl (C=O) groups is 2. The van der Waals surface area contributed by atoms with Crippen molar-refractivity contribution in [2.45, 2.75) is 25.4 Å². The fourth-order valence-corrected chi connectivity index (χ4v) is 3.60. The molecule has 0 saturated carbocycles. The first-order valence-corrected chi connectivity index (χ1v) is 10.2. The van der Waals surface area contributed by atoms with Crippen LogP contribution in [0.2, 0.25) is 0 Å². The Morgan fingerprint density at radius 3 is 2.60 bits per heavy atom. The van der Waals surface area contributed by atoms with Gasteiger partial charge >= 0.3 is 6.03 Å². The van der Waals surface area contributed by atoms with Gasteiger partial charge in [-0.3, -0.25) is 4.79 Å². The van der Waals surface area contributed by atoms with Crippen molar-refractivity contribution in [3.8, 4) is 5.75 Å². The van der Waals surface area contributed by atoms with Crippen LogP contribution >= 0.6 is 0 Å². The maximum atomic E-state index is 12.4. The van der Waals surface area contributed by atoms with Crippen LogP contribution in [-0.2, 0) is 11.3 Å². The van der Waals surface area contributed by atoms with Gasteiger partial charge in [0.15, 0.2) is 0 Å². The van der Waals surface area contributed by atoms with Crippen molar-refractivity contribution in [3.05, 3.63) is 59.7 Å². The zero-order valence-electron chi connectivity index (χ0n) is 17.9. The van der Waals surface area contributed by atoms with Crippen LogP contribution in [-0.4, -0.2) is 56.0 Å². The number of likely N-dealkylation sites (N-methyl/N-ethyl adjacent to an activating group) is 1. The van der Waals surface area contributed by atoms with E-state index in [-0.39, 0.29) is 18.0 Å². The second-order valence-electron chi connectivity index (χ2n) is 7.71. The highest BCUT2D eigenvalue weighted by atomic mass is 16.5. The van der Waals surface area contributed by atoms with E-state index in [9.17, 15) is 9.59 Å². The third kappa shape index (κ3) is 5.73. The highest BCUT2D eigenvalue weighted by molar-refractivity contribution is 5.89. The summed E-state index contributed by atoms with van der Waals surface area (Å²) in [5.74, 6) is 1.00. The van der Waals surface area contributed by atoms with Gasteiger partial charge in [0.1, 0.15) is 5.75 Å². The van der Waals surface area contributed by atoms with Crippen molar-refractivity contribution >= 4 is 17.6 Å². The van der Waals surface area contributed by atoms with Crippen molar-refractivity contribution < 1.29 is 14.3 Å². The monoisotopic (exact) mass is 410 g/mol. The minimum Gasteiger partial charge on any atom is -0.497 e. The molecule has 1 unspecified atom stereocenters. The van der Waals surface area contributed by atoms with E-state index >= 15 is 0 Å². The first-order valence-electron chi connectivity index (χ1n) is 10.2. The number of carbonyl (C=O) groups excluding carboxylic acids is 2. The van der Waals surface area contributed by atoms with Crippen molar-refractivity contribution in [1.29, 1.82) is 0 Å². The first kappa shape index (κ1) is 21.6. The molecular formula is C23H30N4O3. The van der Waals surface area contributed by atoms with Crippen molar-refractivity contribution in [2.75, 3.05) is 39.6 Å². The summed E-state index contributed by atoms with van der Waals surface area (Å²) >= 11 is 0. The van der Waals surface area contributed by atoms with Gasteiger partial charge in [-0.05, 0) is 55.9 Å². The van der Waals surface area contributed by atoms with E-state index in [2.05, 4.69) is 15.5 Å². The Labute approximate surface area is 178 Å². The number of nitrogens with zero attached hydrogens (tertiary/aromatic N) is 2. The second-order valence-corrected chi connectivity index (χ2v) is 7.71. The molecule has 3 amide bonds. The SMILES string of the molecule is COc1cccc(C(CNC(=O)Nc2ccc(CN3CCCC3=O)cc2)N(C)C)c1. The van der Waals surface area contributed by atoms with E-state index in [0.717, 1.165) is 29.8 Å². The molecule has 0 radical (unpaired) electrons. The summed E-state index contributed by atoms with van der Waals surface area (Å²) in [7, 11) is 5.60. The fraction of sp³-hybridized carbons (Fsp3) is 0.391. The van der Waals surface area contributed by atoms with E-state index in [1.165, 1.54) is 0 Å². The minimum atomic E-state index is -0.257. The summed E-state index contributed by atoms with van der Waals surface area (Å²) in [4.78, 5) is 28.1. The number of ether oxygens (including phenoxy) is 1. The lowest BCUT2D eigenvalue weighted by molar-refractivity contribution is -0.128. The number of benzene rings is 2. The first-order chi connectivity index (χ1) is 14.5. The van der Waals surface area contributed by atoms with Gasteiger partial charge in [-0.2, -0.15) is 0 Å². The molecule has 0 bridgehead atoms. The number of nitrogens with one attached hydrogen (secondary N) is 2. The van der Waals surface area contributed by atoms with Gasteiger partial charge < -0.3 is 25.2 Å². The molecule has 1 fully saturated rings. The maximum absolute atomic E-state index is 12.4. The molecule has 30 heavy (non-hydrogen) atoms. The number of likely N-dealkylation sites (tertiary alicyclic amines) is 1. The number of hydrogen-bond donors (Lipinski definition) is 2. The summed E-state index contributed by atoms with van der Waals surface area (Å²) in [5, 5.41) is 5.81. The van der Waals surface area contributed by atoms with Gasteiger partial charge in [0.2, 0.25) is 5.91 Å². The van der Waals surface area contributed by atoms with Gasteiger partial charge in [0.25, 0.3) is 0 Å². The van der Waals surface area contributed by atoms with Crippen molar-refractivity contribution in [2.24, 2.45) is 0 Å². The van der Waals surface area contributed by atoms with Crippen molar-refractivity contribution in [1.82, 2.24) is 15.1 Å². The Balaban J connectivity index is 1.53. The molecule has 3 rings (SSSR count). The molecule has 7 heteroatoms. The molecule has 2 aromatic rings. The average Bonchev–Trinajstić information content (AvgIpc) is 3.14. The van der Waals surface area contributed by atoms with E-state index in [0.29, 0.717) is 25.2 Å². The number of rotatable bonds is 8. The fourth-order valence-electron chi connectivity index (χ4n) is 3.60.